The van der Waals surface area contributed by atoms with Gasteiger partial charge in [0.25, 0.3) is 0 Å². The molecule has 2 aliphatic heterocycles. The van der Waals surface area contributed by atoms with Gasteiger partial charge in [-0.25, -0.2) is 0 Å². The number of carbonyl (C=O) groups is 1. The van der Waals surface area contributed by atoms with Crippen molar-refractivity contribution < 1.29 is 4.79 Å². The molecule has 1 aromatic heterocycles. The van der Waals surface area contributed by atoms with Crippen LogP contribution in [0.15, 0.2) is 48.8 Å². The highest BCUT2D eigenvalue weighted by atomic mass is 16.2. The number of carbonyl (C=O) groups excluding carboxylic acids is 1. The second-order valence-electron chi connectivity index (χ2n) is 7.17. The molecule has 2 aromatic rings. The molecular formula is C20H26N4O. The summed E-state index contributed by atoms with van der Waals surface area (Å²) in [6.45, 7) is 3.59. The van der Waals surface area contributed by atoms with Crippen molar-refractivity contribution in [3.05, 3.63) is 54.4 Å². The highest BCUT2D eigenvalue weighted by Crippen LogP contribution is 2.26. The molecule has 1 amide bonds. The van der Waals surface area contributed by atoms with E-state index in [1.807, 2.05) is 23.0 Å². The molecule has 4 rings (SSSR count). The summed E-state index contributed by atoms with van der Waals surface area (Å²) in [5.41, 5.74) is 1.29. The van der Waals surface area contributed by atoms with Gasteiger partial charge in [0.2, 0.25) is 5.91 Å². The number of amides is 1. The summed E-state index contributed by atoms with van der Waals surface area (Å²) in [6.07, 6.45) is 8.07. The fourth-order valence-corrected chi connectivity index (χ4v) is 4.24. The average molecular weight is 338 g/mol. The number of rotatable bonds is 5. The molecule has 2 aliphatic rings. The normalized spacial score (nSPS) is 24.1. The van der Waals surface area contributed by atoms with Crippen molar-refractivity contribution in [2.24, 2.45) is 0 Å². The first-order valence-electron chi connectivity index (χ1n) is 9.37. The Morgan fingerprint density at radius 1 is 1.08 bits per heavy atom. The Hall–Kier alpha value is -2.14. The van der Waals surface area contributed by atoms with Crippen LogP contribution in [0, 0.1) is 0 Å². The van der Waals surface area contributed by atoms with Crippen molar-refractivity contribution in [2.45, 2.75) is 50.9 Å². The van der Waals surface area contributed by atoms with Gasteiger partial charge >= 0.3 is 0 Å². The summed E-state index contributed by atoms with van der Waals surface area (Å²) in [6, 6.07) is 12.8. The third kappa shape index (κ3) is 3.61. The predicted octanol–water partition coefficient (Wildman–Crippen LogP) is 2.54. The summed E-state index contributed by atoms with van der Waals surface area (Å²) in [7, 11) is 0. The molecule has 132 valence electrons. The van der Waals surface area contributed by atoms with Gasteiger partial charge in [-0.1, -0.05) is 30.3 Å². The molecule has 0 unspecified atom stereocenters. The zero-order chi connectivity index (χ0) is 17.1. The molecule has 2 atom stereocenters. The average Bonchev–Trinajstić information content (AvgIpc) is 3.38. The minimum absolute atomic E-state index is 0.0402. The molecule has 5 nitrogen and oxygen atoms in total. The summed E-state index contributed by atoms with van der Waals surface area (Å²) in [5.74, 6) is 0.322. The Morgan fingerprint density at radius 3 is 2.72 bits per heavy atom. The van der Waals surface area contributed by atoms with E-state index in [1.54, 1.807) is 6.20 Å². The Kier molecular flexibility index (Phi) is 4.83. The molecule has 0 saturated carbocycles. The third-order valence-corrected chi connectivity index (χ3v) is 5.49. The van der Waals surface area contributed by atoms with E-state index in [-0.39, 0.29) is 12.1 Å². The van der Waals surface area contributed by atoms with Crippen LogP contribution in [0.4, 0.5) is 0 Å². The quantitative estimate of drug-likeness (QED) is 0.841. The topological polar surface area (TPSA) is 41.4 Å². The van der Waals surface area contributed by atoms with Crippen molar-refractivity contribution in [2.75, 3.05) is 13.1 Å². The smallest absolute Gasteiger partial charge is 0.240 e. The van der Waals surface area contributed by atoms with Gasteiger partial charge in [0.15, 0.2) is 0 Å². The maximum Gasteiger partial charge on any atom is 0.240 e. The van der Waals surface area contributed by atoms with Crippen molar-refractivity contribution in [1.29, 1.82) is 0 Å². The Bertz CT molecular complexity index is 685. The summed E-state index contributed by atoms with van der Waals surface area (Å²) in [4.78, 5) is 17.7. The third-order valence-electron chi connectivity index (χ3n) is 5.49. The lowest BCUT2D eigenvalue weighted by atomic mass is 10.1. The number of hydrogen-bond donors (Lipinski definition) is 0. The Morgan fingerprint density at radius 2 is 1.92 bits per heavy atom. The lowest BCUT2D eigenvalue weighted by Crippen LogP contribution is -2.48. The van der Waals surface area contributed by atoms with Crippen LogP contribution in [0.25, 0.3) is 0 Å². The first kappa shape index (κ1) is 16.3. The number of nitrogens with zero attached hydrogens (tertiary/aromatic N) is 4. The van der Waals surface area contributed by atoms with Crippen LogP contribution in [-0.4, -0.2) is 50.7 Å². The van der Waals surface area contributed by atoms with E-state index in [0.29, 0.717) is 5.91 Å². The van der Waals surface area contributed by atoms with Crippen molar-refractivity contribution in [1.82, 2.24) is 19.6 Å². The molecular weight excluding hydrogens is 312 g/mol. The van der Waals surface area contributed by atoms with Gasteiger partial charge in [-0.15, -0.1) is 0 Å². The molecule has 0 aliphatic carbocycles. The van der Waals surface area contributed by atoms with Gasteiger partial charge in [-0.2, -0.15) is 5.10 Å². The fourth-order valence-electron chi connectivity index (χ4n) is 4.24. The standard InChI is InChI=1S/C20H26N4O/c25-20(24-14-4-9-18(24)16-23-13-6-11-21-23)19-10-5-12-22(19)15-17-7-2-1-3-8-17/h1-3,6-8,11,13,18-19H,4-5,9-10,12,14-16H2/t18-,19-/m0/s1. The van der Waals surface area contributed by atoms with Crippen LogP contribution >= 0.6 is 0 Å². The molecule has 2 fully saturated rings. The van der Waals surface area contributed by atoms with E-state index in [9.17, 15) is 4.79 Å². The monoisotopic (exact) mass is 338 g/mol. The molecule has 1 aromatic carbocycles. The van der Waals surface area contributed by atoms with Crippen LogP contribution in [0.2, 0.25) is 0 Å². The van der Waals surface area contributed by atoms with Gasteiger partial charge in [-0.3, -0.25) is 14.4 Å². The highest BCUT2D eigenvalue weighted by Gasteiger charge is 2.38. The zero-order valence-electron chi connectivity index (χ0n) is 14.6. The first-order valence-corrected chi connectivity index (χ1v) is 9.37. The van der Waals surface area contributed by atoms with Gasteiger partial charge in [0.1, 0.15) is 0 Å². The van der Waals surface area contributed by atoms with Crippen molar-refractivity contribution in [3.8, 4) is 0 Å². The molecule has 25 heavy (non-hydrogen) atoms. The molecule has 0 spiro atoms. The number of likely N-dealkylation sites (tertiary alicyclic amines) is 2. The Labute approximate surface area is 149 Å². The predicted molar refractivity (Wildman–Crippen MR) is 96.8 cm³/mol. The minimum atomic E-state index is 0.0402. The molecule has 3 heterocycles. The molecule has 0 bridgehead atoms. The van der Waals surface area contributed by atoms with Gasteiger partial charge in [0.05, 0.1) is 18.6 Å². The SMILES string of the molecule is O=C([C@@H]1CCCN1Cc1ccccc1)N1CCC[C@H]1Cn1cccn1. The maximum absolute atomic E-state index is 13.2. The zero-order valence-corrected chi connectivity index (χ0v) is 14.6. The van der Waals surface area contributed by atoms with Crippen molar-refractivity contribution >= 4 is 5.91 Å². The summed E-state index contributed by atoms with van der Waals surface area (Å²) < 4.78 is 1.95. The van der Waals surface area contributed by atoms with Crippen LogP contribution in [0.3, 0.4) is 0 Å². The van der Waals surface area contributed by atoms with Crippen LogP contribution < -0.4 is 0 Å². The van der Waals surface area contributed by atoms with E-state index >= 15 is 0 Å². The lowest BCUT2D eigenvalue weighted by Gasteiger charge is -2.31. The second kappa shape index (κ2) is 7.40. The van der Waals surface area contributed by atoms with E-state index in [2.05, 4.69) is 39.2 Å². The van der Waals surface area contributed by atoms with E-state index in [0.717, 1.165) is 51.9 Å². The summed E-state index contributed by atoms with van der Waals surface area (Å²) >= 11 is 0. The molecule has 0 N–H and O–H groups in total. The van der Waals surface area contributed by atoms with Gasteiger partial charge < -0.3 is 4.90 Å². The van der Waals surface area contributed by atoms with E-state index in [4.69, 9.17) is 0 Å². The van der Waals surface area contributed by atoms with Crippen molar-refractivity contribution in [3.63, 3.8) is 0 Å². The fraction of sp³-hybridized carbons (Fsp3) is 0.500. The van der Waals surface area contributed by atoms with Gasteiger partial charge in [-0.05, 0) is 43.9 Å². The molecule has 5 heteroatoms. The number of benzene rings is 1. The highest BCUT2D eigenvalue weighted by molar-refractivity contribution is 5.82. The molecule has 2 saturated heterocycles. The maximum atomic E-state index is 13.2. The summed E-state index contributed by atoms with van der Waals surface area (Å²) in [5, 5.41) is 4.31. The Balaban J connectivity index is 1.43. The minimum Gasteiger partial charge on any atom is -0.336 e. The first-order chi connectivity index (χ1) is 12.3. The van der Waals surface area contributed by atoms with Gasteiger partial charge in [0, 0.05) is 25.5 Å². The number of aromatic nitrogens is 2. The van der Waals surface area contributed by atoms with E-state index < -0.39 is 0 Å². The van der Waals surface area contributed by atoms with Crippen LogP contribution in [0.5, 0.6) is 0 Å². The van der Waals surface area contributed by atoms with Crippen LogP contribution in [0.1, 0.15) is 31.2 Å². The van der Waals surface area contributed by atoms with E-state index in [1.165, 1.54) is 5.56 Å². The second-order valence-corrected chi connectivity index (χ2v) is 7.17. The number of hydrogen-bond acceptors (Lipinski definition) is 3. The lowest BCUT2D eigenvalue weighted by molar-refractivity contribution is -0.137. The van der Waals surface area contributed by atoms with Crippen LogP contribution in [-0.2, 0) is 17.9 Å². The molecule has 0 radical (unpaired) electrons. The largest absolute Gasteiger partial charge is 0.336 e.